The lowest BCUT2D eigenvalue weighted by Crippen LogP contribution is -2.13. The molecule has 0 aromatic heterocycles. The van der Waals surface area contributed by atoms with Crippen LogP contribution in [0.5, 0.6) is 11.5 Å². The normalized spacial score (nSPS) is 10.8. The van der Waals surface area contributed by atoms with Crippen LogP contribution in [-0.2, 0) is 19.7 Å². The Morgan fingerprint density at radius 2 is 1.73 bits per heavy atom. The average Bonchev–Trinajstić information content (AvgIpc) is 2.70. The van der Waals surface area contributed by atoms with Crippen LogP contribution in [0.2, 0.25) is 10.0 Å². The lowest BCUT2D eigenvalue weighted by atomic mass is 10.1. The zero-order valence-corrected chi connectivity index (χ0v) is 19.5. The third kappa shape index (κ3) is 6.11. The van der Waals surface area contributed by atoms with E-state index in [-0.39, 0.29) is 12.4 Å². The standard InChI is InChI=1S/C23H21BrCl2FNO2/c1-2-29-22-10-15(12-28-13-16-5-3-4-6-20(16)25)9-19(24)23(22)30-14-17-7-8-18(27)11-21(17)26/h3-11,28H,2,12-14H2,1H3. The molecule has 0 amide bonds. The third-order valence-corrected chi connectivity index (χ3v) is 5.67. The van der Waals surface area contributed by atoms with Crippen molar-refractivity contribution in [2.45, 2.75) is 26.6 Å². The van der Waals surface area contributed by atoms with Crippen molar-refractivity contribution in [3.63, 3.8) is 0 Å². The summed E-state index contributed by atoms with van der Waals surface area (Å²) in [7, 11) is 0. The van der Waals surface area contributed by atoms with E-state index >= 15 is 0 Å². The molecule has 3 rings (SSSR count). The van der Waals surface area contributed by atoms with Gasteiger partial charge in [-0.2, -0.15) is 0 Å². The largest absolute Gasteiger partial charge is 0.490 e. The van der Waals surface area contributed by atoms with Crippen molar-refractivity contribution in [2.24, 2.45) is 0 Å². The van der Waals surface area contributed by atoms with E-state index in [0.29, 0.717) is 41.8 Å². The van der Waals surface area contributed by atoms with Crippen LogP contribution in [0.4, 0.5) is 4.39 Å². The van der Waals surface area contributed by atoms with Crippen molar-refractivity contribution in [2.75, 3.05) is 6.61 Å². The molecule has 0 saturated heterocycles. The molecule has 0 atom stereocenters. The number of hydrogen-bond acceptors (Lipinski definition) is 3. The first-order chi connectivity index (χ1) is 14.5. The van der Waals surface area contributed by atoms with E-state index in [1.165, 1.54) is 12.1 Å². The van der Waals surface area contributed by atoms with E-state index in [1.54, 1.807) is 6.07 Å². The number of ether oxygens (including phenoxy) is 2. The van der Waals surface area contributed by atoms with Crippen LogP contribution in [0.3, 0.4) is 0 Å². The van der Waals surface area contributed by atoms with Crippen molar-refractivity contribution in [3.05, 3.63) is 91.6 Å². The van der Waals surface area contributed by atoms with Gasteiger partial charge in [-0.05, 0) is 64.3 Å². The molecule has 0 radical (unpaired) electrons. The summed E-state index contributed by atoms with van der Waals surface area (Å²) < 4.78 is 25.8. The summed E-state index contributed by atoms with van der Waals surface area (Å²) in [5, 5.41) is 4.45. The highest BCUT2D eigenvalue weighted by atomic mass is 79.9. The first kappa shape index (κ1) is 22.9. The number of rotatable bonds is 9. The monoisotopic (exact) mass is 511 g/mol. The van der Waals surface area contributed by atoms with Crippen molar-refractivity contribution >= 4 is 39.1 Å². The van der Waals surface area contributed by atoms with Crippen LogP contribution >= 0.6 is 39.1 Å². The number of benzene rings is 3. The summed E-state index contributed by atoms with van der Waals surface area (Å²) in [5.41, 5.74) is 2.77. The summed E-state index contributed by atoms with van der Waals surface area (Å²) in [6, 6.07) is 15.9. The molecule has 3 aromatic rings. The molecule has 3 nitrogen and oxygen atoms in total. The molecule has 3 aromatic carbocycles. The summed E-state index contributed by atoms with van der Waals surface area (Å²) in [6.07, 6.45) is 0. The fraction of sp³-hybridized carbons (Fsp3) is 0.217. The zero-order chi connectivity index (χ0) is 21.5. The number of nitrogens with one attached hydrogen (secondary N) is 1. The van der Waals surface area contributed by atoms with Gasteiger partial charge >= 0.3 is 0 Å². The Kier molecular flexibility index (Phi) is 8.40. The van der Waals surface area contributed by atoms with E-state index in [1.807, 2.05) is 43.3 Å². The molecule has 7 heteroatoms. The minimum absolute atomic E-state index is 0.196. The highest BCUT2D eigenvalue weighted by Crippen LogP contribution is 2.38. The van der Waals surface area contributed by atoms with Crippen molar-refractivity contribution < 1.29 is 13.9 Å². The van der Waals surface area contributed by atoms with Crippen LogP contribution < -0.4 is 14.8 Å². The van der Waals surface area contributed by atoms with Crippen molar-refractivity contribution in [1.29, 1.82) is 0 Å². The average molecular weight is 513 g/mol. The Morgan fingerprint density at radius 1 is 0.933 bits per heavy atom. The molecular formula is C23H21BrCl2FNO2. The zero-order valence-electron chi connectivity index (χ0n) is 16.4. The van der Waals surface area contributed by atoms with Gasteiger partial charge in [0.2, 0.25) is 0 Å². The van der Waals surface area contributed by atoms with Gasteiger partial charge in [0.1, 0.15) is 12.4 Å². The Bertz CT molecular complexity index is 1020. The smallest absolute Gasteiger partial charge is 0.175 e. The fourth-order valence-corrected chi connectivity index (χ4v) is 3.93. The van der Waals surface area contributed by atoms with Gasteiger partial charge in [0.15, 0.2) is 11.5 Å². The van der Waals surface area contributed by atoms with Gasteiger partial charge in [0, 0.05) is 23.7 Å². The van der Waals surface area contributed by atoms with Gasteiger partial charge in [-0.3, -0.25) is 0 Å². The van der Waals surface area contributed by atoms with E-state index in [4.69, 9.17) is 32.7 Å². The van der Waals surface area contributed by atoms with Crippen LogP contribution in [0, 0.1) is 5.82 Å². The minimum atomic E-state index is -0.381. The van der Waals surface area contributed by atoms with Gasteiger partial charge in [-0.25, -0.2) is 4.39 Å². The number of hydrogen-bond donors (Lipinski definition) is 1. The maximum Gasteiger partial charge on any atom is 0.175 e. The number of halogens is 4. The second kappa shape index (κ2) is 11.0. The Morgan fingerprint density at radius 3 is 2.47 bits per heavy atom. The summed E-state index contributed by atoms with van der Waals surface area (Å²) in [4.78, 5) is 0. The first-order valence-corrected chi connectivity index (χ1v) is 11.0. The molecule has 0 fully saturated rings. The molecule has 0 spiro atoms. The third-order valence-electron chi connectivity index (χ3n) is 4.36. The van der Waals surface area contributed by atoms with Crippen molar-refractivity contribution in [1.82, 2.24) is 5.32 Å². The molecular weight excluding hydrogens is 492 g/mol. The Balaban J connectivity index is 1.70. The van der Waals surface area contributed by atoms with E-state index in [2.05, 4.69) is 21.2 Å². The predicted molar refractivity (Wildman–Crippen MR) is 123 cm³/mol. The van der Waals surface area contributed by atoms with Gasteiger partial charge in [-0.1, -0.05) is 47.5 Å². The predicted octanol–water partition coefficient (Wildman–Crippen LogP) is 7.16. The SMILES string of the molecule is CCOc1cc(CNCc2ccccc2Cl)cc(Br)c1OCc1ccc(F)cc1Cl. The molecule has 0 aliphatic heterocycles. The minimum Gasteiger partial charge on any atom is -0.490 e. The second-order valence-corrected chi connectivity index (χ2v) is 8.23. The maximum absolute atomic E-state index is 13.3. The van der Waals surface area contributed by atoms with Crippen LogP contribution in [-0.4, -0.2) is 6.61 Å². The van der Waals surface area contributed by atoms with Gasteiger partial charge in [-0.15, -0.1) is 0 Å². The van der Waals surface area contributed by atoms with Gasteiger partial charge < -0.3 is 14.8 Å². The molecule has 30 heavy (non-hydrogen) atoms. The van der Waals surface area contributed by atoms with E-state index in [0.717, 1.165) is 20.6 Å². The lowest BCUT2D eigenvalue weighted by molar-refractivity contribution is 0.267. The topological polar surface area (TPSA) is 30.5 Å². The molecule has 1 N–H and O–H groups in total. The molecule has 0 aliphatic rings. The molecule has 0 saturated carbocycles. The molecule has 0 bridgehead atoms. The first-order valence-electron chi connectivity index (χ1n) is 9.44. The van der Waals surface area contributed by atoms with Crippen molar-refractivity contribution in [3.8, 4) is 11.5 Å². The Labute approximate surface area is 194 Å². The molecule has 0 aliphatic carbocycles. The quantitative estimate of drug-likeness (QED) is 0.330. The summed E-state index contributed by atoms with van der Waals surface area (Å²) >= 11 is 15.9. The highest BCUT2D eigenvalue weighted by Gasteiger charge is 2.14. The Hall–Kier alpha value is -1.79. The van der Waals surface area contributed by atoms with Gasteiger partial charge in [0.05, 0.1) is 16.1 Å². The van der Waals surface area contributed by atoms with E-state index < -0.39 is 0 Å². The molecule has 158 valence electrons. The second-order valence-electron chi connectivity index (χ2n) is 6.56. The maximum atomic E-state index is 13.3. The summed E-state index contributed by atoms with van der Waals surface area (Å²) in [5.74, 6) is 0.820. The van der Waals surface area contributed by atoms with Gasteiger partial charge in [0.25, 0.3) is 0 Å². The van der Waals surface area contributed by atoms with Crippen LogP contribution in [0.15, 0.2) is 59.1 Å². The highest BCUT2D eigenvalue weighted by molar-refractivity contribution is 9.10. The molecule has 0 heterocycles. The lowest BCUT2D eigenvalue weighted by Gasteiger charge is -2.16. The van der Waals surface area contributed by atoms with Crippen LogP contribution in [0.1, 0.15) is 23.6 Å². The summed E-state index contributed by atoms with van der Waals surface area (Å²) in [6.45, 7) is 3.89. The van der Waals surface area contributed by atoms with Crippen LogP contribution in [0.25, 0.3) is 0 Å². The molecule has 0 unspecified atom stereocenters. The fourth-order valence-electron chi connectivity index (χ4n) is 2.90. The van der Waals surface area contributed by atoms with E-state index in [9.17, 15) is 4.39 Å².